The number of hydrogen-bond donors (Lipinski definition) is 1. The van der Waals surface area contributed by atoms with Crippen LogP contribution in [0.2, 0.25) is 5.02 Å². The van der Waals surface area contributed by atoms with Gasteiger partial charge in [-0.3, -0.25) is 4.68 Å². The molecule has 2 aromatic carbocycles. The van der Waals surface area contributed by atoms with E-state index in [0.29, 0.717) is 0 Å². The largest absolute Gasteiger partial charge is 0.496 e. The van der Waals surface area contributed by atoms with Crippen molar-refractivity contribution in [3.05, 3.63) is 59.8 Å². The first-order chi connectivity index (χ1) is 10.7. The number of rotatable bonds is 4. The Morgan fingerprint density at radius 2 is 1.77 bits per heavy atom. The number of benzene rings is 2. The summed E-state index contributed by atoms with van der Waals surface area (Å²) in [6.07, 6.45) is 1.77. The van der Waals surface area contributed by atoms with Crippen LogP contribution in [0.15, 0.2) is 54.7 Å². The summed E-state index contributed by atoms with van der Waals surface area (Å²) in [6.45, 7) is 0. The lowest BCUT2D eigenvalue weighted by atomic mass is 10.1. The first kappa shape index (κ1) is 14.5. The number of nitrogens with zero attached hydrogens (tertiary/aromatic N) is 2. The third-order valence-corrected chi connectivity index (χ3v) is 3.68. The van der Waals surface area contributed by atoms with Gasteiger partial charge in [-0.2, -0.15) is 5.10 Å². The van der Waals surface area contributed by atoms with Gasteiger partial charge in [0.15, 0.2) is 0 Å². The van der Waals surface area contributed by atoms with Crippen molar-refractivity contribution in [3.8, 4) is 17.0 Å². The molecule has 1 aromatic heterocycles. The Bertz CT molecular complexity index is 781. The highest BCUT2D eigenvalue weighted by atomic mass is 35.5. The van der Waals surface area contributed by atoms with Crippen molar-refractivity contribution < 1.29 is 4.74 Å². The molecule has 1 heterocycles. The summed E-state index contributed by atoms with van der Waals surface area (Å²) < 4.78 is 7.28. The Morgan fingerprint density at radius 1 is 1.05 bits per heavy atom. The molecule has 0 aliphatic heterocycles. The molecule has 0 radical (unpaired) electrons. The molecule has 3 rings (SSSR count). The van der Waals surface area contributed by atoms with Crippen LogP contribution in [-0.2, 0) is 7.05 Å². The summed E-state index contributed by atoms with van der Waals surface area (Å²) in [5.41, 5.74) is 3.93. The van der Waals surface area contributed by atoms with E-state index in [4.69, 9.17) is 16.3 Å². The van der Waals surface area contributed by atoms with Gasteiger partial charge in [0.05, 0.1) is 12.8 Å². The van der Waals surface area contributed by atoms with Gasteiger partial charge < -0.3 is 10.1 Å². The number of halogens is 1. The molecule has 0 saturated heterocycles. The highest BCUT2D eigenvalue weighted by Crippen LogP contribution is 2.33. The maximum Gasteiger partial charge on any atom is 0.128 e. The number of methoxy groups -OCH3 is 1. The molecule has 5 heteroatoms. The summed E-state index contributed by atoms with van der Waals surface area (Å²) in [6, 6.07) is 15.5. The third kappa shape index (κ3) is 2.92. The van der Waals surface area contributed by atoms with Gasteiger partial charge in [-0.15, -0.1) is 0 Å². The standard InChI is InChI=1S/C17H16ClN3O/c1-21-16(9-10-19-21)15-11-14(7-8-17(15)22-2)20-13-5-3-12(18)4-6-13/h3-11,20H,1-2H3. The zero-order valence-corrected chi connectivity index (χ0v) is 13.1. The molecule has 0 atom stereocenters. The molecule has 0 saturated carbocycles. The predicted octanol–water partition coefficient (Wildman–Crippen LogP) is 4.49. The molecule has 1 N–H and O–H groups in total. The Hall–Kier alpha value is -2.46. The quantitative estimate of drug-likeness (QED) is 0.771. The molecule has 0 aliphatic carbocycles. The molecule has 0 amide bonds. The normalized spacial score (nSPS) is 10.5. The van der Waals surface area contributed by atoms with Crippen molar-refractivity contribution in [1.82, 2.24) is 9.78 Å². The second kappa shape index (κ2) is 6.12. The predicted molar refractivity (Wildman–Crippen MR) is 89.9 cm³/mol. The zero-order valence-electron chi connectivity index (χ0n) is 12.4. The van der Waals surface area contributed by atoms with Gasteiger partial charge in [0.1, 0.15) is 5.75 Å². The van der Waals surface area contributed by atoms with Crippen LogP contribution in [0.3, 0.4) is 0 Å². The van der Waals surface area contributed by atoms with E-state index < -0.39 is 0 Å². The van der Waals surface area contributed by atoms with Crippen molar-refractivity contribution in [1.29, 1.82) is 0 Å². The van der Waals surface area contributed by atoms with Crippen LogP contribution in [0.4, 0.5) is 11.4 Å². The Kier molecular flexibility index (Phi) is 4.02. The first-order valence-electron chi connectivity index (χ1n) is 6.86. The summed E-state index contributed by atoms with van der Waals surface area (Å²) in [4.78, 5) is 0. The number of nitrogens with one attached hydrogen (secondary N) is 1. The molecule has 112 valence electrons. The van der Waals surface area contributed by atoms with Crippen LogP contribution in [-0.4, -0.2) is 16.9 Å². The van der Waals surface area contributed by atoms with E-state index in [0.717, 1.165) is 33.4 Å². The van der Waals surface area contributed by atoms with Crippen LogP contribution >= 0.6 is 11.6 Å². The monoisotopic (exact) mass is 313 g/mol. The van der Waals surface area contributed by atoms with Gasteiger partial charge >= 0.3 is 0 Å². The fraction of sp³-hybridized carbons (Fsp3) is 0.118. The van der Waals surface area contributed by atoms with E-state index >= 15 is 0 Å². The second-order valence-corrected chi connectivity index (χ2v) is 5.32. The first-order valence-corrected chi connectivity index (χ1v) is 7.24. The number of hydrogen-bond acceptors (Lipinski definition) is 3. The molecular formula is C17H16ClN3O. The van der Waals surface area contributed by atoms with Crippen molar-refractivity contribution in [3.63, 3.8) is 0 Å². The lowest BCUT2D eigenvalue weighted by Gasteiger charge is -2.12. The van der Waals surface area contributed by atoms with E-state index in [2.05, 4.69) is 10.4 Å². The topological polar surface area (TPSA) is 39.1 Å². The Labute approximate surface area is 134 Å². The number of aryl methyl sites for hydroxylation is 1. The average Bonchev–Trinajstić information content (AvgIpc) is 2.95. The fourth-order valence-electron chi connectivity index (χ4n) is 2.32. The van der Waals surface area contributed by atoms with Crippen LogP contribution in [0.5, 0.6) is 5.75 Å². The maximum atomic E-state index is 5.91. The average molecular weight is 314 g/mol. The molecule has 22 heavy (non-hydrogen) atoms. The second-order valence-electron chi connectivity index (χ2n) is 4.89. The van der Waals surface area contributed by atoms with Gasteiger partial charge in [0, 0.05) is 35.2 Å². The van der Waals surface area contributed by atoms with Crippen molar-refractivity contribution in [2.75, 3.05) is 12.4 Å². The maximum absolute atomic E-state index is 5.91. The van der Waals surface area contributed by atoms with Crippen molar-refractivity contribution in [2.24, 2.45) is 7.05 Å². The van der Waals surface area contributed by atoms with Gasteiger partial charge in [0.2, 0.25) is 0 Å². The molecule has 0 fully saturated rings. The smallest absolute Gasteiger partial charge is 0.128 e. The van der Waals surface area contributed by atoms with Crippen LogP contribution in [0, 0.1) is 0 Å². The Balaban J connectivity index is 1.97. The summed E-state index contributed by atoms with van der Waals surface area (Å²) >= 11 is 5.91. The van der Waals surface area contributed by atoms with E-state index in [1.807, 2.05) is 60.3 Å². The molecule has 0 aliphatic rings. The van der Waals surface area contributed by atoms with E-state index in [1.165, 1.54) is 0 Å². The molecule has 4 nitrogen and oxygen atoms in total. The minimum atomic E-state index is 0.718. The third-order valence-electron chi connectivity index (χ3n) is 3.43. The van der Waals surface area contributed by atoms with Gasteiger partial charge in [0.25, 0.3) is 0 Å². The van der Waals surface area contributed by atoms with Gasteiger partial charge in [-0.1, -0.05) is 11.6 Å². The van der Waals surface area contributed by atoms with Crippen LogP contribution in [0.1, 0.15) is 0 Å². The van der Waals surface area contributed by atoms with Crippen LogP contribution < -0.4 is 10.1 Å². The molecule has 0 spiro atoms. The highest BCUT2D eigenvalue weighted by molar-refractivity contribution is 6.30. The zero-order chi connectivity index (χ0) is 15.5. The lowest BCUT2D eigenvalue weighted by molar-refractivity contribution is 0.416. The number of ether oxygens (including phenoxy) is 1. The van der Waals surface area contributed by atoms with E-state index in [-0.39, 0.29) is 0 Å². The molecule has 0 unspecified atom stereocenters. The van der Waals surface area contributed by atoms with Gasteiger partial charge in [-0.05, 0) is 48.5 Å². The van der Waals surface area contributed by atoms with Crippen LogP contribution in [0.25, 0.3) is 11.3 Å². The number of anilines is 2. The SMILES string of the molecule is COc1ccc(Nc2ccc(Cl)cc2)cc1-c1ccnn1C. The minimum absolute atomic E-state index is 0.718. The molecular weight excluding hydrogens is 298 g/mol. The fourth-order valence-corrected chi connectivity index (χ4v) is 2.45. The summed E-state index contributed by atoms with van der Waals surface area (Å²) in [7, 11) is 3.58. The van der Waals surface area contributed by atoms with Crippen molar-refractivity contribution >= 4 is 23.0 Å². The molecule has 0 bridgehead atoms. The van der Waals surface area contributed by atoms with E-state index in [9.17, 15) is 0 Å². The Morgan fingerprint density at radius 3 is 2.41 bits per heavy atom. The minimum Gasteiger partial charge on any atom is -0.496 e. The van der Waals surface area contributed by atoms with Gasteiger partial charge in [-0.25, -0.2) is 0 Å². The lowest BCUT2D eigenvalue weighted by Crippen LogP contribution is -1.97. The highest BCUT2D eigenvalue weighted by Gasteiger charge is 2.10. The summed E-state index contributed by atoms with van der Waals surface area (Å²) in [5, 5.41) is 8.30. The molecule has 3 aromatic rings. The van der Waals surface area contributed by atoms with E-state index in [1.54, 1.807) is 13.3 Å². The number of aromatic nitrogens is 2. The van der Waals surface area contributed by atoms with Crippen molar-refractivity contribution in [2.45, 2.75) is 0 Å². The summed E-state index contributed by atoms with van der Waals surface area (Å²) in [5.74, 6) is 0.810.